The highest BCUT2D eigenvalue weighted by Gasteiger charge is 2.30. The maximum absolute atomic E-state index is 13.2. The molecule has 0 bridgehead atoms. The number of amides is 1. The van der Waals surface area contributed by atoms with Gasteiger partial charge in [-0.3, -0.25) is 14.0 Å². The average molecular weight is 534 g/mol. The number of benzene rings is 1. The molecule has 0 spiro atoms. The van der Waals surface area contributed by atoms with Crippen molar-refractivity contribution in [3.63, 3.8) is 0 Å². The molecule has 1 saturated heterocycles. The zero-order valence-corrected chi connectivity index (χ0v) is 20.1. The first kappa shape index (κ1) is 22.9. The molecule has 1 fully saturated rings. The van der Waals surface area contributed by atoms with Gasteiger partial charge in [0.15, 0.2) is 6.10 Å². The number of aryl methyl sites for hydroxylation is 1. The van der Waals surface area contributed by atoms with E-state index >= 15 is 0 Å². The lowest BCUT2D eigenvalue weighted by Gasteiger charge is -2.17. The van der Waals surface area contributed by atoms with E-state index in [1.807, 2.05) is 12.1 Å². The number of aromatic nitrogens is 2. The number of pyridine rings is 1. The van der Waals surface area contributed by atoms with Gasteiger partial charge in [-0.2, -0.15) is 17.9 Å². The summed E-state index contributed by atoms with van der Waals surface area (Å²) in [6.45, 7) is 1.65. The molecule has 33 heavy (non-hydrogen) atoms. The summed E-state index contributed by atoms with van der Waals surface area (Å²) in [5, 5.41) is 6.71. The first-order valence-electron chi connectivity index (χ1n) is 9.91. The van der Waals surface area contributed by atoms with Crippen LogP contribution in [0.25, 0.3) is 5.65 Å². The molecule has 1 N–H and O–H groups in total. The van der Waals surface area contributed by atoms with Gasteiger partial charge in [0.2, 0.25) is 0 Å². The molecule has 12 heteroatoms. The molecule has 0 aliphatic carbocycles. The van der Waals surface area contributed by atoms with Gasteiger partial charge in [-0.15, -0.1) is 0 Å². The highest BCUT2D eigenvalue weighted by Crippen LogP contribution is 2.24. The SMILES string of the molecule is Cc1ccc(NC(=O)[C@@H]2CCC(=O)O2)cc1S(=O)(=O)N(C)/N=C/c1cnc2ccc(Br)cn12. The Balaban J connectivity index is 1.56. The number of cyclic esters (lactones) is 1. The van der Waals surface area contributed by atoms with Crippen LogP contribution in [0.1, 0.15) is 24.1 Å². The quantitative estimate of drug-likeness (QED) is 0.295. The standard InChI is InChI=1S/C21H20BrN5O5S/c1-13-3-5-15(25-21(29)17-6-8-20(28)32-17)9-18(13)33(30,31)26(2)24-11-16-10-23-19-7-4-14(22)12-27(16)19/h3-5,7,9-12,17H,6,8H2,1-2H3,(H,25,29)/b24-11+/t17-/m0/s1. The van der Waals surface area contributed by atoms with Crippen molar-refractivity contribution >= 4 is 55.4 Å². The minimum absolute atomic E-state index is 0.00995. The normalized spacial score (nSPS) is 16.3. The number of nitrogens with one attached hydrogen (secondary N) is 1. The van der Waals surface area contributed by atoms with Crippen LogP contribution in [-0.2, 0) is 24.3 Å². The minimum Gasteiger partial charge on any atom is -0.452 e. The highest BCUT2D eigenvalue weighted by molar-refractivity contribution is 9.10. The number of halogens is 1. The number of carbonyl (C=O) groups excluding carboxylic acids is 2. The number of sulfonamides is 1. The third-order valence-corrected chi connectivity index (χ3v) is 7.36. The predicted octanol–water partition coefficient (Wildman–Crippen LogP) is 2.70. The number of rotatable bonds is 6. The fourth-order valence-corrected chi connectivity index (χ4v) is 4.85. The van der Waals surface area contributed by atoms with Crippen molar-refractivity contribution in [3.8, 4) is 0 Å². The number of hydrogen-bond donors (Lipinski definition) is 1. The molecular formula is C21H20BrN5O5S. The molecular weight excluding hydrogens is 514 g/mol. The molecule has 0 unspecified atom stereocenters. The van der Waals surface area contributed by atoms with Gasteiger partial charge in [0.05, 0.1) is 23.0 Å². The van der Waals surface area contributed by atoms with Gasteiger partial charge < -0.3 is 10.1 Å². The van der Waals surface area contributed by atoms with Crippen LogP contribution in [0.5, 0.6) is 0 Å². The summed E-state index contributed by atoms with van der Waals surface area (Å²) in [5.41, 5.74) is 2.05. The summed E-state index contributed by atoms with van der Waals surface area (Å²) in [6.07, 6.45) is 4.38. The van der Waals surface area contributed by atoms with E-state index in [1.54, 1.807) is 35.9 Å². The Labute approximate surface area is 198 Å². The van der Waals surface area contributed by atoms with E-state index in [0.29, 0.717) is 23.3 Å². The number of imidazole rings is 1. The van der Waals surface area contributed by atoms with E-state index in [9.17, 15) is 18.0 Å². The summed E-state index contributed by atoms with van der Waals surface area (Å²) in [6, 6.07) is 8.20. The van der Waals surface area contributed by atoms with Gasteiger partial charge in [-0.05, 0) is 52.7 Å². The predicted molar refractivity (Wildman–Crippen MR) is 124 cm³/mol. The van der Waals surface area contributed by atoms with Gasteiger partial charge in [-0.1, -0.05) is 6.07 Å². The Bertz CT molecular complexity index is 1380. The number of hydrazone groups is 1. The monoisotopic (exact) mass is 533 g/mol. The van der Waals surface area contributed by atoms with Gasteiger partial charge >= 0.3 is 5.97 Å². The van der Waals surface area contributed by atoms with Crippen LogP contribution in [-0.4, -0.2) is 53.5 Å². The van der Waals surface area contributed by atoms with Crippen LogP contribution in [0.15, 0.2) is 57.2 Å². The Kier molecular flexibility index (Phi) is 6.21. The number of fused-ring (bicyclic) bond motifs is 1. The van der Waals surface area contributed by atoms with Gasteiger partial charge in [0.1, 0.15) is 5.65 Å². The molecule has 0 saturated carbocycles. The van der Waals surface area contributed by atoms with Crippen molar-refractivity contribution in [1.82, 2.24) is 13.8 Å². The maximum atomic E-state index is 13.2. The van der Waals surface area contributed by atoms with Crippen molar-refractivity contribution in [1.29, 1.82) is 0 Å². The molecule has 0 radical (unpaired) electrons. The van der Waals surface area contributed by atoms with Crippen molar-refractivity contribution in [2.45, 2.75) is 30.8 Å². The number of ether oxygens (including phenoxy) is 1. The largest absolute Gasteiger partial charge is 0.452 e. The third-order valence-electron chi connectivity index (χ3n) is 5.11. The van der Waals surface area contributed by atoms with E-state index < -0.39 is 28.0 Å². The topological polar surface area (TPSA) is 122 Å². The Morgan fingerprint density at radius 2 is 2.15 bits per heavy atom. The van der Waals surface area contributed by atoms with Crippen LogP contribution in [0.4, 0.5) is 5.69 Å². The maximum Gasteiger partial charge on any atom is 0.306 e. The molecule has 1 aromatic carbocycles. The van der Waals surface area contributed by atoms with E-state index in [2.05, 4.69) is 31.3 Å². The van der Waals surface area contributed by atoms with Crippen LogP contribution in [0.2, 0.25) is 0 Å². The molecule has 2 aromatic heterocycles. The second kappa shape index (κ2) is 8.94. The Morgan fingerprint density at radius 3 is 2.88 bits per heavy atom. The van der Waals surface area contributed by atoms with E-state index in [1.165, 1.54) is 19.3 Å². The minimum atomic E-state index is -4.01. The lowest BCUT2D eigenvalue weighted by Crippen LogP contribution is -2.28. The lowest BCUT2D eigenvalue weighted by molar-refractivity contribution is -0.146. The van der Waals surface area contributed by atoms with E-state index in [4.69, 9.17) is 4.74 Å². The van der Waals surface area contributed by atoms with Crippen molar-refractivity contribution in [3.05, 3.63) is 58.5 Å². The second-order valence-corrected chi connectivity index (χ2v) is 10.3. The molecule has 1 aliphatic rings. The number of anilines is 1. The lowest BCUT2D eigenvalue weighted by atomic mass is 10.2. The fourth-order valence-electron chi connectivity index (χ4n) is 3.30. The average Bonchev–Trinajstić information content (AvgIpc) is 3.39. The van der Waals surface area contributed by atoms with Gasteiger partial charge in [-0.25, -0.2) is 4.98 Å². The molecule has 3 aromatic rings. The Hall–Kier alpha value is -3.25. The smallest absolute Gasteiger partial charge is 0.306 e. The number of nitrogens with zero attached hydrogens (tertiary/aromatic N) is 4. The number of hydrogen-bond acceptors (Lipinski definition) is 7. The second-order valence-electron chi connectivity index (χ2n) is 7.43. The van der Waals surface area contributed by atoms with Crippen molar-refractivity contribution in [2.75, 3.05) is 12.4 Å². The molecule has 1 atom stereocenters. The van der Waals surface area contributed by atoms with Gasteiger partial charge in [0.25, 0.3) is 15.9 Å². The molecule has 1 amide bonds. The van der Waals surface area contributed by atoms with Gasteiger partial charge in [0, 0.05) is 36.2 Å². The number of esters is 1. The molecule has 10 nitrogen and oxygen atoms in total. The first-order valence-corrected chi connectivity index (χ1v) is 12.1. The Morgan fingerprint density at radius 1 is 1.36 bits per heavy atom. The molecule has 1 aliphatic heterocycles. The first-order chi connectivity index (χ1) is 15.6. The zero-order valence-electron chi connectivity index (χ0n) is 17.7. The summed E-state index contributed by atoms with van der Waals surface area (Å²) < 4.78 is 34.8. The van der Waals surface area contributed by atoms with Crippen LogP contribution >= 0.6 is 15.9 Å². The summed E-state index contributed by atoms with van der Waals surface area (Å²) >= 11 is 3.40. The molecule has 4 rings (SSSR count). The van der Waals surface area contributed by atoms with E-state index in [0.717, 1.165) is 8.89 Å². The van der Waals surface area contributed by atoms with Crippen molar-refractivity contribution < 1.29 is 22.7 Å². The third kappa shape index (κ3) is 4.76. The summed E-state index contributed by atoms with van der Waals surface area (Å²) in [4.78, 5) is 27.8. The highest BCUT2D eigenvalue weighted by atomic mass is 79.9. The van der Waals surface area contributed by atoms with E-state index in [-0.39, 0.29) is 17.0 Å². The summed E-state index contributed by atoms with van der Waals surface area (Å²) in [5.74, 6) is -0.932. The van der Waals surface area contributed by atoms with Crippen LogP contribution in [0.3, 0.4) is 0 Å². The molecule has 3 heterocycles. The number of carbonyl (C=O) groups is 2. The van der Waals surface area contributed by atoms with Crippen LogP contribution in [0, 0.1) is 6.92 Å². The fraction of sp³-hybridized carbons (Fsp3) is 0.238. The van der Waals surface area contributed by atoms with Crippen molar-refractivity contribution in [2.24, 2.45) is 5.10 Å². The summed E-state index contributed by atoms with van der Waals surface area (Å²) in [7, 11) is -2.68. The van der Waals surface area contributed by atoms with Crippen LogP contribution < -0.4 is 5.32 Å². The molecule has 172 valence electrons. The zero-order chi connectivity index (χ0) is 23.8.